The number of nitrogens with one attached hydrogen (secondary N) is 2. The monoisotopic (exact) mass is 297 g/mol. The summed E-state index contributed by atoms with van der Waals surface area (Å²) in [7, 11) is 0. The third kappa shape index (κ3) is 3.39. The summed E-state index contributed by atoms with van der Waals surface area (Å²) in [5, 5.41) is 12.0. The van der Waals surface area contributed by atoms with Gasteiger partial charge < -0.3 is 0 Å². The number of hydrazone groups is 1. The van der Waals surface area contributed by atoms with Gasteiger partial charge in [0.25, 0.3) is 5.56 Å². The molecule has 0 unspecified atom stereocenters. The van der Waals surface area contributed by atoms with Crippen LogP contribution in [0.15, 0.2) is 40.2 Å². The van der Waals surface area contributed by atoms with Gasteiger partial charge in [-0.1, -0.05) is 30.3 Å². The van der Waals surface area contributed by atoms with E-state index in [1.54, 1.807) is 6.92 Å². The van der Waals surface area contributed by atoms with Gasteiger partial charge in [0.2, 0.25) is 5.95 Å². The zero-order valence-electron chi connectivity index (χ0n) is 12.5. The van der Waals surface area contributed by atoms with Crippen LogP contribution in [0, 0.1) is 6.92 Å². The molecule has 1 fully saturated rings. The molecule has 1 aromatic heterocycles. The standard InChI is InChI=1S/C16H19N5O/c1-11-15(22)17-16(20-18-11)21-19-14-9-7-13(8-10-14)12-5-3-2-4-6-12/h2-6,13H,7-10H2,1H3,(H2,17,20,21,22). The van der Waals surface area contributed by atoms with Gasteiger partial charge in [0.05, 0.1) is 0 Å². The molecule has 1 saturated carbocycles. The van der Waals surface area contributed by atoms with Crippen molar-refractivity contribution in [2.75, 3.05) is 5.43 Å². The fraction of sp³-hybridized carbons (Fsp3) is 0.375. The Balaban J connectivity index is 1.59. The molecule has 0 radical (unpaired) electrons. The Hall–Kier alpha value is -2.50. The first kappa shape index (κ1) is 14.4. The molecular formula is C16H19N5O. The lowest BCUT2D eigenvalue weighted by molar-refractivity contribution is 0.566. The van der Waals surface area contributed by atoms with Crippen molar-refractivity contribution in [3.63, 3.8) is 0 Å². The molecular weight excluding hydrogens is 278 g/mol. The highest BCUT2D eigenvalue weighted by Gasteiger charge is 2.19. The van der Waals surface area contributed by atoms with Crippen molar-refractivity contribution >= 4 is 11.7 Å². The van der Waals surface area contributed by atoms with E-state index in [0.717, 1.165) is 31.4 Å². The molecule has 6 nitrogen and oxygen atoms in total. The van der Waals surface area contributed by atoms with Crippen molar-refractivity contribution < 1.29 is 0 Å². The Morgan fingerprint density at radius 3 is 2.59 bits per heavy atom. The van der Waals surface area contributed by atoms with Crippen LogP contribution >= 0.6 is 0 Å². The van der Waals surface area contributed by atoms with Crippen LogP contribution in [0.4, 0.5) is 5.95 Å². The maximum Gasteiger partial charge on any atom is 0.274 e. The Morgan fingerprint density at radius 2 is 1.91 bits per heavy atom. The average Bonchev–Trinajstić information content (AvgIpc) is 2.57. The normalized spacial score (nSPS) is 18.0. The van der Waals surface area contributed by atoms with Gasteiger partial charge in [-0.25, -0.2) is 5.43 Å². The first-order valence-electron chi connectivity index (χ1n) is 7.52. The second kappa shape index (κ2) is 6.51. The molecule has 1 aliphatic carbocycles. The van der Waals surface area contributed by atoms with Crippen LogP contribution in [0.2, 0.25) is 0 Å². The van der Waals surface area contributed by atoms with Gasteiger partial charge >= 0.3 is 0 Å². The van der Waals surface area contributed by atoms with E-state index in [-0.39, 0.29) is 11.5 Å². The fourth-order valence-electron chi connectivity index (χ4n) is 2.70. The predicted octanol–water partition coefficient (Wildman–Crippen LogP) is 2.60. The number of benzene rings is 1. The molecule has 3 rings (SSSR count). The summed E-state index contributed by atoms with van der Waals surface area (Å²) < 4.78 is 0. The van der Waals surface area contributed by atoms with Gasteiger partial charge in [-0.05, 0) is 44.1 Å². The number of rotatable bonds is 3. The number of nitrogens with zero attached hydrogens (tertiary/aromatic N) is 3. The first-order chi connectivity index (χ1) is 10.7. The number of aryl methyl sites for hydroxylation is 1. The van der Waals surface area contributed by atoms with Crippen molar-refractivity contribution in [3.8, 4) is 0 Å². The van der Waals surface area contributed by atoms with Gasteiger partial charge in [-0.2, -0.15) is 5.10 Å². The molecule has 1 aromatic carbocycles. The SMILES string of the molecule is Cc1nnc(NN=C2CCC(c3ccccc3)CC2)[nH]c1=O. The van der Waals surface area contributed by atoms with Crippen LogP contribution in [0.5, 0.6) is 0 Å². The van der Waals surface area contributed by atoms with E-state index >= 15 is 0 Å². The summed E-state index contributed by atoms with van der Waals surface area (Å²) in [6, 6.07) is 10.6. The van der Waals surface area contributed by atoms with E-state index < -0.39 is 0 Å². The molecule has 2 aromatic rings. The van der Waals surface area contributed by atoms with Crippen LogP contribution in [0.1, 0.15) is 42.9 Å². The van der Waals surface area contributed by atoms with Gasteiger partial charge in [0.1, 0.15) is 5.69 Å². The van der Waals surface area contributed by atoms with E-state index in [1.165, 1.54) is 5.56 Å². The molecule has 1 heterocycles. The lowest BCUT2D eigenvalue weighted by Gasteiger charge is -2.23. The Morgan fingerprint density at radius 1 is 1.18 bits per heavy atom. The van der Waals surface area contributed by atoms with Crippen LogP contribution in [-0.4, -0.2) is 20.9 Å². The zero-order chi connectivity index (χ0) is 15.4. The Bertz CT molecular complexity index is 713. The molecule has 0 atom stereocenters. The highest BCUT2D eigenvalue weighted by Crippen LogP contribution is 2.31. The van der Waals surface area contributed by atoms with Crippen molar-refractivity contribution in [1.29, 1.82) is 0 Å². The summed E-state index contributed by atoms with van der Waals surface area (Å²) >= 11 is 0. The minimum atomic E-state index is -0.245. The summed E-state index contributed by atoms with van der Waals surface area (Å²) in [6.45, 7) is 1.62. The summed E-state index contributed by atoms with van der Waals surface area (Å²) in [5.41, 5.74) is 5.41. The van der Waals surface area contributed by atoms with Crippen molar-refractivity contribution in [1.82, 2.24) is 15.2 Å². The van der Waals surface area contributed by atoms with Crippen molar-refractivity contribution in [3.05, 3.63) is 51.9 Å². The first-order valence-corrected chi connectivity index (χ1v) is 7.52. The number of hydrogen-bond donors (Lipinski definition) is 2. The van der Waals surface area contributed by atoms with Crippen molar-refractivity contribution in [2.24, 2.45) is 5.10 Å². The van der Waals surface area contributed by atoms with Gasteiger partial charge in [0.15, 0.2) is 0 Å². The molecule has 2 N–H and O–H groups in total. The molecule has 0 bridgehead atoms. The second-order valence-electron chi connectivity index (χ2n) is 5.56. The van der Waals surface area contributed by atoms with Crippen LogP contribution in [0.3, 0.4) is 0 Å². The maximum absolute atomic E-state index is 11.4. The Labute approximate surface area is 128 Å². The lowest BCUT2D eigenvalue weighted by atomic mass is 9.83. The van der Waals surface area contributed by atoms with Crippen molar-refractivity contribution in [2.45, 2.75) is 38.5 Å². The molecule has 0 amide bonds. The minimum Gasteiger partial charge on any atom is -0.288 e. The number of hydrogen-bond acceptors (Lipinski definition) is 5. The number of H-pyrrole nitrogens is 1. The smallest absolute Gasteiger partial charge is 0.274 e. The number of anilines is 1. The largest absolute Gasteiger partial charge is 0.288 e. The van der Waals surface area contributed by atoms with E-state index in [4.69, 9.17) is 0 Å². The molecule has 1 aliphatic rings. The molecule has 114 valence electrons. The molecule has 22 heavy (non-hydrogen) atoms. The molecule has 0 spiro atoms. The molecule has 0 aliphatic heterocycles. The fourth-order valence-corrected chi connectivity index (χ4v) is 2.70. The quantitative estimate of drug-likeness (QED) is 0.853. The van der Waals surface area contributed by atoms with Crippen LogP contribution < -0.4 is 11.0 Å². The summed E-state index contributed by atoms with van der Waals surface area (Å²) in [6.07, 6.45) is 4.10. The number of aromatic amines is 1. The molecule has 6 heteroatoms. The van der Waals surface area contributed by atoms with Crippen LogP contribution in [-0.2, 0) is 0 Å². The zero-order valence-corrected chi connectivity index (χ0v) is 12.5. The van der Waals surface area contributed by atoms with E-state index in [2.05, 4.69) is 50.0 Å². The van der Waals surface area contributed by atoms with Gasteiger partial charge in [-0.15, -0.1) is 10.2 Å². The van der Waals surface area contributed by atoms with E-state index in [0.29, 0.717) is 11.6 Å². The third-order valence-electron chi connectivity index (χ3n) is 4.01. The number of aromatic nitrogens is 3. The average molecular weight is 297 g/mol. The topological polar surface area (TPSA) is 83.0 Å². The maximum atomic E-state index is 11.4. The highest BCUT2D eigenvalue weighted by atomic mass is 16.1. The summed E-state index contributed by atoms with van der Waals surface area (Å²) in [4.78, 5) is 14.0. The summed E-state index contributed by atoms with van der Waals surface area (Å²) in [5.74, 6) is 0.896. The van der Waals surface area contributed by atoms with Gasteiger partial charge in [-0.3, -0.25) is 9.78 Å². The second-order valence-corrected chi connectivity index (χ2v) is 5.56. The van der Waals surface area contributed by atoms with Crippen LogP contribution in [0.25, 0.3) is 0 Å². The van der Waals surface area contributed by atoms with E-state index in [1.807, 2.05) is 6.07 Å². The van der Waals surface area contributed by atoms with E-state index in [9.17, 15) is 4.79 Å². The van der Waals surface area contributed by atoms with Gasteiger partial charge in [0, 0.05) is 5.71 Å². The minimum absolute atomic E-state index is 0.245. The predicted molar refractivity (Wildman–Crippen MR) is 86.1 cm³/mol. The third-order valence-corrected chi connectivity index (χ3v) is 4.01. The lowest BCUT2D eigenvalue weighted by Crippen LogP contribution is -2.17. The highest BCUT2D eigenvalue weighted by molar-refractivity contribution is 5.85. The Kier molecular flexibility index (Phi) is 4.27. The molecule has 0 saturated heterocycles.